The molecule has 0 radical (unpaired) electrons. The summed E-state index contributed by atoms with van der Waals surface area (Å²) in [4.78, 5) is 12.1. The summed E-state index contributed by atoms with van der Waals surface area (Å²) in [5.74, 6) is -1.29. The van der Waals surface area contributed by atoms with E-state index in [2.05, 4.69) is 16.0 Å². The Morgan fingerprint density at radius 1 is 0.902 bits per heavy atom. The third-order valence-corrected chi connectivity index (χ3v) is 7.46. The predicted octanol–water partition coefficient (Wildman–Crippen LogP) is -8.39. The van der Waals surface area contributed by atoms with Crippen molar-refractivity contribution in [3.63, 3.8) is 0 Å². The third-order valence-electron chi connectivity index (χ3n) is 7.46. The van der Waals surface area contributed by atoms with Gasteiger partial charge in [-0.05, 0) is 14.0 Å². The van der Waals surface area contributed by atoms with Crippen molar-refractivity contribution in [1.29, 1.82) is 10.8 Å². The minimum atomic E-state index is -2.39. The Hall–Kier alpha value is -1.27. The maximum atomic E-state index is 12.1. The molecule has 0 unspecified atom stereocenters. The maximum absolute atomic E-state index is 12.1. The van der Waals surface area contributed by atoms with Gasteiger partial charge in [0.05, 0.1) is 36.9 Å². The Labute approximate surface area is 256 Å². The second-order valence-corrected chi connectivity index (χ2v) is 9.97. The molecule has 0 aromatic carbocycles. The Bertz CT molecular complexity index is 928. The van der Waals surface area contributed by atoms with Crippen molar-refractivity contribution in [2.45, 2.75) is 98.2 Å². The van der Waals surface area contributed by atoms with Crippen LogP contribution in [0.2, 0.25) is 0 Å². The van der Waals surface area contributed by atoms with Crippen LogP contribution in [0.25, 0.3) is 0 Å². The van der Waals surface area contributed by atoms with Gasteiger partial charge in [0.2, 0.25) is 0 Å². The first kappa shape index (κ1) is 35.9. The number of nitrogens with two attached hydrogens (primary N) is 2. The van der Waals surface area contributed by atoms with Crippen molar-refractivity contribution in [3.8, 4) is 0 Å². The zero-order valence-electron chi connectivity index (χ0n) is 21.7. The van der Waals surface area contributed by atoms with Crippen LogP contribution in [0.15, 0.2) is 0 Å². The van der Waals surface area contributed by atoms with Gasteiger partial charge in [0.1, 0.15) is 42.7 Å². The molecule has 0 bridgehead atoms. The standard InChI is InChI=1S/C21H39N7O12.Na.H/c1-5-21(36,4-30)16(40-17-9(26-2)13(34)10(31)6(3-29)38-17)18(37-5)39-15-8(28-20(24)25)11(32)7(27-19(22)23)12(33)14(15)35;;/h4-18,26,29,31-36H,3H2,1-2H3,(H4,22,23,27)(H4,24,25,28);;/t5-,6-,7+,8-,9-,10-,11+,12-,13-,14+,15+,16-,17-,18-,21+;;/m0../s1. The number of guanidine groups is 2. The topological polar surface area (TPSA) is 331 Å². The molecule has 3 aliphatic rings. The number of rotatable bonds is 9. The SMILES string of the molecule is CN[C@@H]1[C@H](O[C@H]2[C@H](O[C@H]3[C@H](O)[C@@H](O)[C@H](NC(=N)N)[C@@H](O)[C@@H]3NC(=N)N)O[C@@H](C)[C@]2(O)C=O)O[C@@H](CO)[C@H](O)[C@H]1O.[NaH]. The third kappa shape index (κ3) is 7.11. The monoisotopic (exact) mass is 605 g/mol. The van der Waals surface area contributed by atoms with Gasteiger partial charge in [-0.1, -0.05) is 0 Å². The Balaban J connectivity index is 0.00000588. The van der Waals surface area contributed by atoms with E-state index in [-0.39, 0.29) is 35.8 Å². The summed E-state index contributed by atoms with van der Waals surface area (Å²) in [5.41, 5.74) is 8.38. The van der Waals surface area contributed by atoms with E-state index in [1.807, 2.05) is 0 Å². The van der Waals surface area contributed by atoms with Crippen LogP contribution < -0.4 is 27.4 Å². The molecule has 0 aromatic heterocycles. The zero-order chi connectivity index (χ0) is 30.1. The van der Waals surface area contributed by atoms with Crippen LogP contribution in [0.1, 0.15) is 6.92 Å². The minimum absolute atomic E-state index is 0. The van der Waals surface area contributed by atoms with Gasteiger partial charge in [-0.25, -0.2) is 0 Å². The second-order valence-electron chi connectivity index (χ2n) is 9.97. The first-order chi connectivity index (χ1) is 18.7. The van der Waals surface area contributed by atoms with Crippen molar-refractivity contribution < 1.29 is 59.5 Å². The molecule has 2 aliphatic heterocycles. The molecule has 15 atom stereocenters. The summed E-state index contributed by atoms with van der Waals surface area (Å²) in [6, 6.07) is -3.95. The van der Waals surface area contributed by atoms with E-state index in [1.54, 1.807) is 0 Å². The molecule has 3 rings (SSSR count). The fraction of sp³-hybridized carbons (Fsp3) is 0.857. The summed E-state index contributed by atoms with van der Waals surface area (Å²) in [6.07, 6.45) is -17.3. The molecule has 16 N–H and O–H groups in total. The first-order valence-corrected chi connectivity index (χ1v) is 12.4. The molecule has 1 aliphatic carbocycles. The zero-order valence-corrected chi connectivity index (χ0v) is 21.7. The summed E-state index contributed by atoms with van der Waals surface area (Å²) < 4.78 is 22.9. The van der Waals surface area contributed by atoms with Crippen LogP contribution in [-0.2, 0) is 23.7 Å². The second kappa shape index (κ2) is 14.5. The van der Waals surface area contributed by atoms with Gasteiger partial charge < -0.3 is 82.1 Å². The molecule has 0 amide bonds. The summed E-state index contributed by atoms with van der Waals surface area (Å²) in [7, 11) is 1.41. The van der Waals surface area contributed by atoms with Crippen LogP contribution in [-0.4, -0.2) is 188 Å². The summed E-state index contributed by atoms with van der Waals surface area (Å²) in [6.45, 7) is 0.613. The fourth-order valence-electron chi connectivity index (χ4n) is 5.18. The quantitative estimate of drug-likeness (QED) is 0.0502. The van der Waals surface area contributed by atoms with Crippen LogP contribution in [0, 0.1) is 10.8 Å². The van der Waals surface area contributed by atoms with Crippen LogP contribution in [0.3, 0.4) is 0 Å². The first-order valence-electron chi connectivity index (χ1n) is 12.4. The summed E-state index contributed by atoms with van der Waals surface area (Å²) >= 11 is 0. The van der Waals surface area contributed by atoms with E-state index >= 15 is 0 Å². The summed E-state index contributed by atoms with van der Waals surface area (Å²) in [5, 5.41) is 96.4. The number of hydrogen-bond acceptors (Lipinski definition) is 15. The van der Waals surface area contributed by atoms with Gasteiger partial charge in [-0.15, -0.1) is 0 Å². The van der Waals surface area contributed by atoms with Gasteiger partial charge in [0, 0.05) is 0 Å². The van der Waals surface area contributed by atoms with Crippen molar-refractivity contribution >= 4 is 47.8 Å². The molecule has 2 saturated heterocycles. The number of hydrogen-bond donors (Lipinski definition) is 14. The number of ether oxygens (including phenoxy) is 4. The molecule has 232 valence electrons. The average molecular weight is 606 g/mol. The number of likely N-dealkylation sites (N-methyl/N-ethyl adjacent to an activating group) is 1. The fourth-order valence-corrected chi connectivity index (χ4v) is 5.18. The molecule has 0 spiro atoms. The van der Waals surface area contributed by atoms with Gasteiger partial charge in [-0.3, -0.25) is 15.6 Å². The van der Waals surface area contributed by atoms with E-state index in [1.165, 1.54) is 14.0 Å². The van der Waals surface area contributed by atoms with E-state index in [9.17, 15) is 40.5 Å². The number of nitrogens with one attached hydrogen (secondary N) is 5. The number of aldehydes is 1. The molecule has 0 aromatic rings. The number of carbonyl (C=O) groups is 1. The Morgan fingerprint density at radius 3 is 1.98 bits per heavy atom. The molecule has 20 heteroatoms. The van der Waals surface area contributed by atoms with Crippen molar-refractivity contribution in [2.24, 2.45) is 11.5 Å². The van der Waals surface area contributed by atoms with Gasteiger partial charge in [0.15, 0.2) is 36.4 Å². The normalized spacial score (nSPS) is 46.3. The number of aliphatic hydroxyl groups excluding tert-OH is 6. The van der Waals surface area contributed by atoms with Crippen LogP contribution in [0.5, 0.6) is 0 Å². The van der Waals surface area contributed by atoms with E-state index in [0.29, 0.717) is 0 Å². The molecule has 19 nitrogen and oxygen atoms in total. The molecule has 2 heterocycles. The van der Waals surface area contributed by atoms with Crippen molar-refractivity contribution in [2.75, 3.05) is 13.7 Å². The van der Waals surface area contributed by atoms with Crippen molar-refractivity contribution in [1.82, 2.24) is 16.0 Å². The van der Waals surface area contributed by atoms with E-state index in [4.69, 9.17) is 41.2 Å². The van der Waals surface area contributed by atoms with Gasteiger partial charge in [0.25, 0.3) is 0 Å². The van der Waals surface area contributed by atoms with E-state index < -0.39 is 110 Å². The Kier molecular flexibility index (Phi) is 12.7. The number of aliphatic hydroxyl groups is 7. The average Bonchev–Trinajstić information content (AvgIpc) is 3.13. The molecule has 1 saturated carbocycles. The molecular formula is C21H40N7NaO12. The van der Waals surface area contributed by atoms with Crippen molar-refractivity contribution in [3.05, 3.63) is 0 Å². The predicted molar refractivity (Wildman–Crippen MR) is 139 cm³/mol. The van der Waals surface area contributed by atoms with Gasteiger partial charge >= 0.3 is 29.6 Å². The van der Waals surface area contributed by atoms with E-state index in [0.717, 1.165) is 0 Å². The Morgan fingerprint density at radius 2 is 1.46 bits per heavy atom. The molecule has 41 heavy (non-hydrogen) atoms. The van der Waals surface area contributed by atoms with Gasteiger partial charge in [-0.2, -0.15) is 0 Å². The molecular weight excluding hydrogens is 565 g/mol. The number of carbonyl (C=O) groups excluding carboxylic acids is 1. The van der Waals surface area contributed by atoms with Crippen LogP contribution >= 0.6 is 0 Å². The molecule has 3 fully saturated rings. The van der Waals surface area contributed by atoms with Crippen LogP contribution in [0.4, 0.5) is 0 Å².